The summed E-state index contributed by atoms with van der Waals surface area (Å²) in [5.41, 5.74) is 3.04. The molecule has 0 aliphatic carbocycles. The maximum Gasteiger partial charge on any atom is 0.253 e. The van der Waals surface area contributed by atoms with Crippen molar-refractivity contribution in [2.24, 2.45) is 0 Å². The molecule has 0 saturated carbocycles. The van der Waals surface area contributed by atoms with Crippen LogP contribution in [-0.2, 0) is 19.4 Å². The zero-order valence-electron chi connectivity index (χ0n) is 16.4. The number of nitrogens with one attached hydrogen (secondary N) is 1. The minimum absolute atomic E-state index is 0.139. The van der Waals surface area contributed by atoms with Gasteiger partial charge in [-0.3, -0.25) is 0 Å². The van der Waals surface area contributed by atoms with E-state index in [1.807, 2.05) is 18.2 Å². The van der Waals surface area contributed by atoms with Crippen LogP contribution in [0.25, 0.3) is 21.8 Å². The van der Waals surface area contributed by atoms with E-state index in [1.165, 1.54) is 10.9 Å². The number of hydrogen-bond donors (Lipinski definition) is 1. The quantitative estimate of drug-likeness (QED) is 0.299. The SMILES string of the molecule is Clc1cc(Cl)c2cccc(OCc3nnc(CCCc4c[nH]c5ccccc45)o3)c2n1. The van der Waals surface area contributed by atoms with Gasteiger partial charge < -0.3 is 14.1 Å². The Morgan fingerprint density at radius 2 is 1.77 bits per heavy atom. The lowest BCUT2D eigenvalue weighted by molar-refractivity contribution is 0.261. The number of rotatable bonds is 7. The van der Waals surface area contributed by atoms with Gasteiger partial charge in [-0.2, -0.15) is 0 Å². The van der Waals surface area contributed by atoms with Gasteiger partial charge in [0, 0.05) is 28.9 Å². The molecule has 1 N–H and O–H groups in total. The summed E-state index contributed by atoms with van der Waals surface area (Å²) < 4.78 is 11.6. The molecule has 0 spiro atoms. The summed E-state index contributed by atoms with van der Waals surface area (Å²) >= 11 is 12.3. The maximum atomic E-state index is 6.25. The molecule has 0 aliphatic rings. The van der Waals surface area contributed by atoms with Crippen molar-refractivity contribution in [3.63, 3.8) is 0 Å². The molecule has 0 saturated heterocycles. The second kappa shape index (κ2) is 8.57. The molecule has 0 aliphatic heterocycles. The third kappa shape index (κ3) is 4.22. The minimum Gasteiger partial charge on any atom is -0.482 e. The topological polar surface area (TPSA) is 76.8 Å². The summed E-state index contributed by atoms with van der Waals surface area (Å²) in [6.45, 7) is 0.139. The minimum atomic E-state index is 0.139. The Balaban J connectivity index is 1.21. The van der Waals surface area contributed by atoms with E-state index < -0.39 is 0 Å². The van der Waals surface area contributed by atoms with Crippen molar-refractivity contribution in [3.8, 4) is 5.75 Å². The summed E-state index contributed by atoms with van der Waals surface area (Å²) in [6.07, 6.45) is 4.61. The molecule has 0 fully saturated rings. The van der Waals surface area contributed by atoms with Crippen LogP contribution in [0.5, 0.6) is 5.75 Å². The second-order valence-electron chi connectivity index (χ2n) is 7.17. The van der Waals surface area contributed by atoms with E-state index in [4.69, 9.17) is 32.4 Å². The first-order valence-corrected chi connectivity index (χ1v) is 10.7. The predicted octanol–water partition coefficient (Wildman–Crippen LogP) is 6.16. The Kier molecular flexibility index (Phi) is 5.49. The van der Waals surface area contributed by atoms with Gasteiger partial charge >= 0.3 is 0 Å². The molecule has 0 atom stereocenters. The molecule has 6 nitrogen and oxygen atoms in total. The normalized spacial score (nSPS) is 11.4. The van der Waals surface area contributed by atoms with Crippen LogP contribution in [0.4, 0.5) is 0 Å². The number of ether oxygens (including phenoxy) is 1. The van der Waals surface area contributed by atoms with E-state index in [-0.39, 0.29) is 6.61 Å². The van der Waals surface area contributed by atoms with E-state index >= 15 is 0 Å². The summed E-state index contributed by atoms with van der Waals surface area (Å²) in [6, 6.07) is 15.4. The van der Waals surface area contributed by atoms with E-state index in [1.54, 1.807) is 12.1 Å². The van der Waals surface area contributed by atoms with Gasteiger partial charge in [0.05, 0.1) is 5.02 Å². The Labute approximate surface area is 188 Å². The van der Waals surface area contributed by atoms with Gasteiger partial charge in [0.1, 0.15) is 16.4 Å². The highest BCUT2D eigenvalue weighted by molar-refractivity contribution is 6.37. The van der Waals surface area contributed by atoms with Crippen LogP contribution in [0.3, 0.4) is 0 Å². The zero-order valence-corrected chi connectivity index (χ0v) is 18.0. The fourth-order valence-corrected chi connectivity index (χ4v) is 4.13. The molecule has 3 heterocycles. The monoisotopic (exact) mass is 452 g/mol. The van der Waals surface area contributed by atoms with Crippen LogP contribution in [0.15, 0.2) is 59.1 Å². The highest BCUT2D eigenvalue weighted by Crippen LogP contribution is 2.31. The van der Waals surface area contributed by atoms with E-state index in [0.717, 1.165) is 23.7 Å². The van der Waals surface area contributed by atoms with Gasteiger partial charge in [0.15, 0.2) is 6.61 Å². The Bertz CT molecular complexity index is 1360. The molecule has 5 rings (SSSR count). The zero-order chi connectivity index (χ0) is 21.2. The number of hydrogen-bond acceptors (Lipinski definition) is 5. The Hall–Kier alpha value is -3.09. The summed E-state index contributed by atoms with van der Waals surface area (Å²) in [7, 11) is 0. The first-order chi connectivity index (χ1) is 15.2. The van der Waals surface area contributed by atoms with Crippen molar-refractivity contribution >= 4 is 45.0 Å². The summed E-state index contributed by atoms with van der Waals surface area (Å²) in [5.74, 6) is 1.56. The highest BCUT2D eigenvalue weighted by Gasteiger charge is 2.12. The van der Waals surface area contributed by atoms with Gasteiger partial charge in [-0.05, 0) is 36.6 Å². The van der Waals surface area contributed by atoms with Crippen LogP contribution >= 0.6 is 23.2 Å². The molecule has 8 heteroatoms. The molecule has 2 aromatic carbocycles. The van der Waals surface area contributed by atoms with Crippen molar-refractivity contribution < 1.29 is 9.15 Å². The first-order valence-electron chi connectivity index (χ1n) is 9.91. The average molecular weight is 453 g/mol. The molecule has 31 heavy (non-hydrogen) atoms. The molecule has 3 aromatic heterocycles. The van der Waals surface area contributed by atoms with E-state index in [2.05, 4.69) is 44.6 Å². The third-order valence-corrected chi connectivity index (χ3v) is 5.60. The lowest BCUT2D eigenvalue weighted by atomic mass is 10.1. The number of aromatic nitrogens is 4. The molecule has 0 amide bonds. The summed E-state index contributed by atoms with van der Waals surface area (Å²) in [5, 5.41) is 11.1. The van der Waals surface area contributed by atoms with Gasteiger partial charge in [0.25, 0.3) is 5.89 Å². The highest BCUT2D eigenvalue weighted by atomic mass is 35.5. The number of aromatic amines is 1. The number of aryl methyl sites for hydroxylation is 2. The van der Waals surface area contributed by atoms with Crippen molar-refractivity contribution in [2.75, 3.05) is 0 Å². The Morgan fingerprint density at radius 1 is 0.935 bits per heavy atom. The molecule has 0 bridgehead atoms. The average Bonchev–Trinajstić information content (AvgIpc) is 3.39. The van der Waals surface area contributed by atoms with Crippen LogP contribution in [0.1, 0.15) is 23.8 Å². The number of para-hydroxylation sites is 2. The van der Waals surface area contributed by atoms with Crippen molar-refractivity contribution in [3.05, 3.63) is 82.2 Å². The number of H-pyrrole nitrogens is 1. The molecule has 156 valence electrons. The fraction of sp³-hybridized carbons (Fsp3) is 0.174. The standard InChI is InChI=1S/C23H18Cl2N4O2/c24-17-11-20(25)27-23-16(17)7-4-9-19(23)30-13-22-29-28-21(31-22)10-3-5-14-12-26-18-8-2-1-6-15(14)18/h1-2,4,6-9,11-12,26H,3,5,10,13H2. The van der Waals surface area contributed by atoms with Gasteiger partial charge in [-0.15, -0.1) is 10.2 Å². The number of nitrogens with zero attached hydrogens (tertiary/aromatic N) is 3. The number of halogens is 2. The van der Waals surface area contributed by atoms with Crippen molar-refractivity contribution in [1.29, 1.82) is 0 Å². The van der Waals surface area contributed by atoms with Crippen LogP contribution in [-0.4, -0.2) is 20.2 Å². The van der Waals surface area contributed by atoms with Gasteiger partial charge in [-0.1, -0.05) is 53.5 Å². The lowest BCUT2D eigenvalue weighted by Gasteiger charge is -2.08. The van der Waals surface area contributed by atoms with Crippen molar-refractivity contribution in [2.45, 2.75) is 25.9 Å². The smallest absolute Gasteiger partial charge is 0.253 e. The van der Waals surface area contributed by atoms with Crippen LogP contribution in [0, 0.1) is 0 Å². The Morgan fingerprint density at radius 3 is 2.71 bits per heavy atom. The number of pyridine rings is 1. The van der Waals surface area contributed by atoms with Gasteiger partial charge in [-0.25, -0.2) is 4.98 Å². The molecular formula is C23H18Cl2N4O2. The molecule has 5 aromatic rings. The van der Waals surface area contributed by atoms with E-state index in [9.17, 15) is 0 Å². The lowest BCUT2D eigenvalue weighted by Crippen LogP contribution is -1.97. The molecular weight excluding hydrogens is 435 g/mol. The second-order valence-corrected chi connectivity index (χ2v) is 7.96. The molecule has 0 unspecified atom stereocenters. The first kappa shape index (κ1) is 19.8. The van der Waals surface area contributed by atoms with Crippen LogP contribution in [0.2, 0.25) is 10.2 Å². The maximum absolute atomic E-state index is 6.25. The summed E-state index contributed by atoms with van der Waals surface area (Å²) in [4.78, 5) is 7.63. The van der Waals surface area contributed by atoms with E-state index in [0.29, 0.717) is 39.6 Å². The van der Waals surface area contributed by atoms with Crippen LogP contribution < -0.4 is 4.74 Å². The fourth-order valence-electron chi connectivity index (χ4n) is 3.62. The van der Waals surface area contributed by atoms with Crippen molar-refractivity contribution in [1.82, 2.24) is 20.2 Å². The number of benzene rings is 2. The third-order valence-electron chi connectivity index (χ3n) is 5.09. The largest absolute Gasteiger partial charge is 0.482 e. The number of fused-ring (bicyclic) bond motifs is 2. The van der Waals surface area contributed by atoms with Gasteiger partial charge in [0.2, 0.25) is 5.89 Å². The predicted molar refractivity (Wildman–Crippen MR) is 121 cm³/mol. The molecule has 0 radical (unpaired) electrons.